The monoisotopic (exact) mass is 266 g/mol. The van der Waals surface area contributed by atoms with Gasteiger partial charge < -0.3 is 9.73 Å². The van der Waals surface area contributed by atoms with E-state index in [1.165, 1.54) is 0 Å². The second-order valence-corrected chi connectivity index (χ2v) is 4.08. The van der Waals surface area contributed by atoms with Crippen molar-refractivity contribution in [2.45, 2.75) is 6.54 Å². The van der Waals surface area contributed by atoms with Crippen molar-refractivity contribution in [3.8, 4) is 11.5 Å². The van der Waals surface area contributed by atoms with Gasteiger partial charge in [0.1, 0.15) is 5.76 Å². The largest absolute Gasteiger partial charge is 0.440 e. The molecule has 2 aromatic rings. The molecule has 0 amide bonds. The maximum Gasteiger partial charge on any atom is 0.226 e. The Labute approximate surface area is 96.6 Å². The van der Waals surface area contributed by atoms with Crippen LogP contribution in [0.2, 0.25) is 0 Å². The van der Waals surface area contributed by atoms with E-state index in [0.717, 1.165) is 15.8 Å². The van der Waals surface area contributed by atoms with Gasteiger partial charge >= 0.3 is 0 Å². The highest BCUT2D eigenvalue weighted by Gasteiger charge is 2.05. The van der Waals surface area contributed by atoms with E-state index in [0.29, 0.717) is 12.4 Å². The van der Waals surface area contributed by atoms with E-state index in [1.807, 2.05) is 31.3 Å². The first-order valence-electron chi connectivity index (χ1n) is 4.65. The topological polar surface area (TPSA) is 38.1 Å². The van der Waals surface area contributed by atoms with E-state index in [2.05, 4.69) is 26.2 Å². The van der Waals surface area contributed by atoms with E-state index >= 15 is 0 Å². The van der Waals surface area contributed by atoms with Crippen LogP contribution in [0.15, 0.2) is 39.4 Å². The molecule has 2 rings (SSSR count). The zero-order chi connectivity index (χ0) is 10.7. The van der Waals surface area contributed by atoms with Crippen molar-refractivity contribution in [2.24, 2.45) is 0 Å². The summed E-state index contributed by atoms with van der Waals surface area (Å²) in [5, 5.41) is 3.02. The molecule has 1 heterocycles. The average Bonchev–Trinajstić information content (AvgIpc) is 2.68. The Kier molecular flexibility index (Phi) is 3.18. The molecule has 0 aliphatic carbocycles. The van der Waals surface area contributed by atoms with Crippen LogP contribution < -0.4 is 5.32 Å². The predicted molar refractivity (Wildman–Crippen MR) is 62.4 cm³/mol. The van der Waals surface area contributed by atoms with Crippen LogP contribution in [0.4, 0.5) is 0 Å². The SMILES string of the molecule is CNCc1cnc(-c2ccc(Br)cc2)o1. The predicted octanol–water partition coefficient (Wildman–Crippen LogP) is 2.82. The smallest absolute Gasteiger partial charge is 0.226 e. The average molecular weight is 267 g/mol. The number of rotatable bonds is 3. The Morgan fingerprint density at radius 1 is 1.33 bits per heavy atom. The molecule has 0 unspecified atom stereocenters. The molecule has 0 saturated carbocycles. The molecule has 15 heavy (non-hydrogen) atoms. The maximum absolute atomic E-state index is 5.56. The summed E-state index contributed by atoms with van der Waals surface area (Å²) in [7, 11) is 1.88. The number of nitrogens with zero attached hydrogens (tertiary/aromatic N) is 1. The van der Waals surface area contributed by atoms with Gasteiger partial charge in [-0.3, -0.25) is 0 Å². The van der Waals surface area contributed by atoms with Crippen molar-refractivity contribution in [3.63, 3.8) is 0 Å². The number of oxazole rings is 1. The summed E-state index contributed by atoms with van der Waals surface area (Å²) in [6.45, 7) is 0.698. The summed E-state index contributed by atoms with van der Waals surface area (Å²) in [6.07, 6.45) is 1.74. The van der Waals surface area contributed by atoms with Crippen molar-refractivity contribution >= 4 is 15.9 Å². The highest BCUT2D eigenvalue weighted by atomic mass is 79.9. The van der Waals surface area contributed by atoms with Crippen molar-refractivity contribution in [1.29, 1.82) is 0 Å². The zero-order valence-electron chi connectivity index (χ0n) is 8.33. The first-order valence-corrected chi connectivity index (χ1v) is 5.44. The van der Waals surface area contributed by atoms with Crippen LogP contribution in [0.5, 0.6) is 0 Å². The highest BCUT2D eigenvalue weighted by Crippen LogP contribution is 2.21. The highest BCUT2D eigenvalue weighted by molar-refractivity contribution is 9.10. The van der Waals surface area contributed by atoms with Crippen LogP contribution >= 0.6 is 15.9 Å². The van der Waals surface area contributed by atoms with Crippen LogP contribution in [0.1, 0.15) is 5.76 Å². The normalized spacial score (nSPS) is 10.5. The van der Waals surface area contributed by atoms with Gasteiger partial charge in [-0.05, 0) is 31.3 Å². The number of benzene rings is 1. The van der Waals surface area contributed by atoms with Crippen molar-refractivity contribution in [2.75, 3.05) is 7.05 Å². The molecule has 1 aromatic carbocycles. The molecule has 4 heteroatoms. The van der Waals surface area contributed by atoms with Gasteiger partial charge in [0.25, 0.3) is 0 Å². The fourth-order valence-corrected chi connectivity index (χ4v) is 1.55. The summed E-state index contributed by atoms with van der Waals surface area (Å²) in [5.41, 5.74) is 0.987. The van der Waals surface area contributed by atoms with Gasteiger partial charge in [0.2, 0.25) is 5.89 Å². The molecule has 1 N–H and O–H groups in total. The number of nitrogens with one attached hydrogen (secondary N) is 1. The quantitative estimate of drug-likeness (QED) is 0.929. The van der Waals surface area contributed by atoms with Crippen LogP contribution in [0.3, 0.4) is 0 Å². The lowest BCUT2D eigenvalue weighted by Crippen LogP contribution is -2.03. The van der Waals surface area contributed by atoms with E-state index in [1.54, 1.807) is 6.20 Å². The second kappa shape index (κ2) is 4.59. The molecule has 0 fully saturated rings. The fourth-order valence-electron chi connectivity index (χ4n) is 1.29. The van der Waals surface area contributed by atoms with Crippen LogP contribution in [-0.2, 0) is 6.54 Å². The lowest BCUT2D eigenvalue weighted by Gasteiger charge is -1.95. The third kappa shape index (κ3) is 2.46. The third-order valence-electron chi connectivity index (χ3n) is 2.00. The fraction of sp³-hybridized carbons (Fsp3) is 0.182. The molecule has 0 bridgehead atoms. The van der Waals surface area contributed by atoms with Gasteiger partial charge in [-0.1, -0.05) is 15.9 Å². The molecule has 0 aliphatic heterocycles. The lowest BCUT2D eigenvalue weighted by molar-refractivity contribution is 0.503. The Bertz CT molecular complexity index is 436. The first kappa shape index (κ1) is 10.4. The van der Waals surface area contributed by atoms with Gasteiger partial charge in [0.05, 0.1) is 12.7 Å². The van der Waals surface area contributed by atoms with Gasteiger partial charge in [-0.2, -0.15) is 0 Å². The Morgan fingerprint density at radius 2 is 2.07 bits per heavy atom. The first-order chi connectivity index (χ1) is 7.29. The van der Waals surface area contributed by atoms with E-state index in [4.69, 9.17) is 4.42 Å². The third-order valence-corrected chi connectivity index (χ3v) is 2.52. The zero-order valence-corrected chi connectivity index (χ0v) is 9.91. The summed E-state index contributed by atoms with van der Waals surface area (Å²) in [5.74, 6) is 1.50. The van der Waals surface area contributed by atoms with Crippen LogP contribution in [0, 0.1) is 0 Å². The molecular weight excluding hydrogens is 256 g/mol. The van der Waals surface area contributed by atoms with Gasteiger partial charge in [-0.25, -0.2) is 4.98 Å². The summed E-state index contributed by atoms with van der Waals surface area (Å²) < 4.78 is 6.61. The molecule has 78 valence electrons. The second-order valence-electron chi connectivity index (χ2n) is 3.17. The van der Waals surface area contributed by atoms with Crippen LogP contribution in [0.25, 0.3) is 11.5 Å². The lowest BCUT2D eigenvalue weighted by atomic mass is 10.2. The molecule has 0 radical (unpaired) electrons. The van der Waals surface area contributed by atoms with Crippen LogP contribution in [-0.4, -0.2) is 12.0 Å². The summed E-state index contributed by atoms with van der Waals surface area (Å²) in [4.78, 5) is 4.21. The minimum Gasteiger partial charge on any atom is -0.440 e. The van der Waals surface area contributed by atoms with E-state index in [-0.39, 0.29) is 0 Å². The maximum atomic E-state index is 5.56. The van der Waals surface area contributed by atoms with Crippen molar-refractivity contribution in [1.82, 2.24) is 10.3 Å². The number of aromatic nitrogens is 1. The van der Waals surface area contributed by atoms with Gasteiger partial charge in [0.15, 0.2) is 0 Å². The minimum absolute atomic E-state index is 0.660. The molecule has 0 spiro atoms. The number of halogens is 1. The Morgan fingerprint density at radius 3 is 2.73 bits per heavy atom. The Hall–Kier alpha value is -1.13. The number of hydrogen-bond donors (Lipinski definition) is 1. The molecular formula is C11H11BrN2O. The number of hydrogen-bond acceptors (Lipinski definition) is 3. The molecule has 1 aromatic heterocycles. The standard InChI is InChI=1S/C11H11BrN2O/c1-13-6-10-7-14-11(15-10)8-2-4-9(12)5-3-8/h2-5,7,13H,6H2,1H3. The molecule has 0 saturated heterocycles. The van der Waals surface area contributed by atoms with Gasteiger partial charge in [0, 0.05) is 10.0 Å². The molecule has 0 atom stereocenters. The minimum atomic E-state index is 0.660. The Balaban J connectivity index is 2.25. The summed E-state index contributed by atoms with van der Waals surface area (Å²) in [6, 6.07) is 7.88. The molecule has 3 nitrogen and oxygen atoms in total. The van der Waals surface area contributed by atoms with E-state index < -0.39 is 0 Å². The van der Waals surface area contributed by atoms with Crippen molar-refractivity contribution < 1.29 is 4.42 Å². The van der Waals surface area contributed by atoms with E-state index in [9.17, 15) is 0 Å². The van der Waals surface area contributed by atoms with Crippen molar-refractivity contribution in [3.05, 3.63) is 40.7 Å². The summed E-state index contributed by atoms with van der Waals surface area (Å²) >= 11 is 3.39. The molecule has 0 aliphatic rings. The van der Waals surface area contributed by atoms with Gasteiger partial charge in [-0.15, -0.1) is 0 Å².